The van der Waals surface area contributed by atoms with Gasteiger partial charge < -0.3 is 14.8 Å². The Balaban J connectivity index is 2.08. The molecule has 1 rings (SSSR count). The zero-order valence-corrected chi connectivity index (χ0v) is 12.0. The predicted molar refractivity (Wildman–Crippen MR) is 75.6 cm³/mol. The van der Waals surface area contributed by atoms with E-state index in [-0.39, 0.29) is 11.9 Å². The third kappa shape index (κ3) is 6.78. The highest BCUT2D eigenvalue weighted by molar-refractivity contribution is 5.76. The lowest BCUT2D eigenvalue weighted by Crippen LogP contribution is -2.26. The lowest BCUT2D eigenvalue weighted by molar-refractivity contribution is -0.140. The molecule has 110 valence electrons. The number of aryl methyl sites for hydroxylation is 1. The van der Waals surface area contributed by atoms with Gasteiger partial charge in [-0.05, 0) is 25.5 Å². The topological polar surface area (TPSA) is 64.6 Å². The molecule has 5 heteroatoms. The molecule has 1 N–H and O–H groups in total. The molecule has 0 saturated heterocycles. The molecular weight excluding hydrogens is 258 g/mol. The smallest absolute Gasteiger partial charge is 0.305 e. The number of methoxy groups -OCH3 is 1. The van der Waals surface area contributed by atoms with Crippen LogP contribution in [0.3, 0.4) is 0 Å². The summed E-state index contributed by atoms with van der Waals surface area (Å²) in [7, 11) is 1.35. The van der Waals surface area contributed by atoms with Crippen LogP contribution in [-0.2, 0) is 14.3 Å². The van der Waals surface area contributed by atoms with Gasteiger partial charge in [0, 0.05) is 13.0 Å². The molecule has 0 atom stereocenters. The average Bonchev–Trinajstić information content (AvgIpc) is 2.45. The Hall–Kier alpha value is -2.04. The van der Waals surface area contributed by atoms with E-state index in [1.165, 1.54) is 12.7 Å². The first kappa shape index (κ1) is 16.0. The number of hydrogen-bond acceptors (Lipinski definition) is 4. The molecule has 1 aromatic carbocycles. The van der Waals surface area contributed by atoms with Crippen molar-refractivity contribution in [1.29, 1.82) is 0 Å². The van der Waals surface area contributed by atoms with Gasteiger partial charge in [-0.1, -0.05) is 17.7 Å². The first-order valence-electron chi connectivity index (χ1n) is 6.65. The summed E-state index contributed by atoms with van der Waals surface area (Å²) in [4.78, 5) is 22.3. The van der Waals surface area contributed by atoms with Crippen molar-refractivity contribution in [3.63, 3.8) is 0 Å². The highest BCUT2D eigenvalue weighted by atomic mass is 16.5. The maximum absolute atomic E-state index is 11.5. The minimum Gasteiger partial charge on any atom is -0.493 e. The number of ether oxygens (including phenoxy) is 2. The molecule has 5 nitrogen and oxygen atoms in total. The van der Waals surface area contributed by atoms with E-state index in [2.05, 4.69) is 10.1 Å². The van der Waals surface area contributed by atoms with Crippen molar-refractivity contribution < 1.29 is 19.1 Å². The molecule has 0 aliphatic rings. The van der Waals surface area contributed by atoms with Crippen molar-refractivity contribution in [3.8, 4) is 5.75 Å². The third-order valence-electron chi connectivity index (χ3n) is 2.73. The molecule has 0 radical (unpaired) electrons. The second-order valence-electron chi connectivity index (χ2n) is 4.44. The SMILES string of the molecule is COC(=O)CCCNC(=O)CCOc1ccc(C)cc1. The Labute approximate surface area is 119 Å². The fourth-order valence-corrected chi connectivity index (χ4v) is 1.55. The van der Waals surface area contributed by atoms with Gasteiger partial charge in [-0.15, -0.1) is 0 Å². The Morgan fingerprint density at radius 1 is 1.15 bits per heavy atom. The summed E-state index contributed by atoms with van der Waals surface area (Å²) < 4.78 is 9.97. The van der Waals surface area contributed by atoms with Crippen LogP contribution in [0, 0.1) is 6.92 Å². The number of carbonyl (C=O) groups is 2. The average molecular weight is 279 g/mol. The number of carbonyl (C=O) groups excluding carboxylic acids is 2. The number of hydrogen-bond donors (Lipinski definition) is 1. The minimum absolute atomic E-state index is 0.0815. The monoisotopic (exact) mass is 279 g/mol. The minimum atomic E-state index is -0.262. The summed E-state index contributed by atoms with van der Waals surface area (Å²) in [6.45, 7) is 2.82. The third-order valence-corrected chi connectivity index (χ3v) is 2.73. The van der Waals surface area contributed by atoms with Crippen molar-refractivity contribution in [2.45, 2.75) is 26.2 Å². The van der Waals surface area contributed by atoms with E-state index in [1.807, 2.05) is 31.2 Å². The van der Waals surface area contributed by atoms with Gasteiger partial charge in [0.05, 0.1) is 20.1 Å². The summed E-state index contributed by atoms with van der Waals surface area (Å²) in [6, 6.07) is 7.68. The molecule has 20 heavy (non-hydrogen) atoms. The lowest BCUT2D eigenvalue weighted by atomic mass is 10.2. The molecule has 0 unspecified atom stereocenters. The van der Waals surface area contributed by atoms with Crippen LogP contribution in [0.5, 0.6) is 5.75 Å². The Morgan fingerprint density at radius 3 is 2.50 bits per heavy atom. The van der Waals surface area contributed by atoms with E-state index < -0.39 is 0 Å². The van der Waals surface area contributed by atoms with Gasteiger partial charge in [0.1, 0.15) is 5.75 Å². The van der Waals surface area contributed by atoms with Crippen LogP contribution in [0.4, 0.5) is 0 Å². The fraction of sp³-hybridized carbons (Fsp3) is 0.467. The largest absolute Gasteiger partial charge is 0.493 e. The molecule has 0 aliphatic heterocycles. The van der Waals surface area contributed by atoms with E-state index in [1.54, 1.807) is 0 Å². The van der Waals surface area contributed by atoms with E-state index in [0.717, 1.165) is 5.75 Å². The zero-order chi connectivity index (χ0) is 14.8. The summed E-state index contributed by atoms with van der Waals surface area (Å²) in [5.74, 6) is 0.415. The molecule has 1 aromatic rings. The Bertz CT molecular complexity index is 428. The zero-order valence-electron chi connectivity index (χ0n) is 12.0. The molecule has 0 bridgehead atoms. The summed E-state index contributed by atoms with van der Waals surface area (Å²) >= 11 is 0. The van der Waals surface area contributed by atoms with E-state index in [9.17, 15) is 9.59 Å². The van der Waals surface area contributed by atoms with Gasteiger partial charge in [-0.25, -0.2) is 0 Å². The second-order valence-corrected chi connectivity index (χ2v) is 4.44. The van der Waals surface area contributed by atoms with Crippen LogP contribution in [-0.4, -0.2) is 32.1 Å². The first-order chi connectivity index (χ1) is 9.61. The molecular formula is C15H21NO4. The van der Waals surface area contributed by atoms with Crippen molar-refractivity contribution in [2.75, 3.05) is 20.3 Å². The maximum atomic E-state index is 11.5. The lowest BCUT2D eigenvalue weighted by Gasteiger charge is -2.07. The number of rotatable bonds is 8. The summed E-state index contributed by atoms with van der Waals surface area (Å²) in [5.41, 5.74) is 1.17. The number of nitrogens with one attached hydrogen (secondary N) is 1. The van der Waals surface area contributed by atoms with Crippen LogP contribution >= 0.6 is 0 Å². The van der Waals surface area contributed by atoms with Crippen LogP contribution in [0.1, 0.15) is 24.8 Å². The van der Waals surface area contributed by atoms with Crippen LogP contribution in [0.25, 0.3) is 0 Å². The highest BCUT2D eigenvalue weighted by Crippen LogP contribution is 2.11. The van der Waals surface area contributed by atoms with Gasteiger partial charge in [-0.2, -0.15) is 0 Å². The summed E-state index contributed by atoms with van der Waals surface area (Å²) in [6.07, 6.45) is 1.19. The molecule has 0 fully saturated rings. The molecule has 0 spiro atoms. The number of esters is 1. The normalized spacial score (nSPS) is 9.90. The van der Waals surface area contributed by atoms with Crippen molar-refractivity contribution in [1.82, 2.24) is 5.32 Å². The molecule has 0 aromatic heterocycles. The van der Waals surface area contributed by atoms with Gasteiger partial charge in [0.25, 0.3) is 0 Å². The number of amides is 1. The van der Waals surface area contributed by atoms with E-state index in [0.29, 0.717) is 32.4 Å². The van der Waals surface area contributed by atoms with Crippen molar-refractivity contribution in [2.24, 2.45) is 0 Å². The predicted octanol–water partition coefficient (Wildman–Crippen LogP) is 1.83. The Kier molecular flexibility index (Phi) is 7.17. The maximum Gasteiger partial charge on any atom is 0.305 e. The van der Waals surface area contributed by atoms with Gasteiger partial charge >= 0.3 is 5.97 Å². The fourth-order valence-electron chi connectivity index (χ4n) is 1.55. The van der Waals surface area contributed by atoms with Crippen LogP contribution in [0.2, 0.25) is 0 Å². The van der Waals surface area contributed by atoms with Crippen molar-refractivity contribution in [3.05, 3.63) is 29.8 Å². The van der Waals surface area contributed by atoms with E-state index in [4.69, 9.17) is 4.74 Å². The quantitative estimate of drug-likeness (QED) is 0.582. The molecule has 0 heterocycles. The van der Waals surface area contributed by atoms with E-state index >= 15 is 0 Å². The van der Waals surface area contributed by atoms with Crippen LogP contribution < -0.4 is 10.1 Å². The van der Waals surface area contributed by atoms with Crippen molar-refractivity contribution >= 4 is 11.9 Å². The highest BCUT2D eigenvalue weighted by Gasteiger charge is 2.03. The number of benzene rings is 1. The first-order valence-corrected chi connectivity index (χ1v) is 6.65. The Morgan fingerprint density at radius 2 is 1.85 bits per heavy atom. The standard InChI is InChI=1S/C15H21NO4/c1-12-5-7-13(8-6-12)20-11-9-14(17)16-10-3-4-15(18)19-2/h5-8H,3-4,9-11H2,1-2H3,(H,16,17). The van der Waals surface area contributed by atoms with Gasteiger partial charge in [0.2, 0.25) is 5.91 Å². The molecule has 0 aliphatic carbocycles. The molecule has 1 amide bonds. The molecule has 0 saturated carbocycles. The summed E-state index contributed by atoms with van der Waals surface area (Å²) in [5, 5.41) is 2.73. The van der Waals surface area contributed by atoms with Crippen LogP contribution in [0.15, 0.2) is 24.3 Å². The second kappa shape index (κ2) is 8.96. The van der Waals surface area contributed by atoms with Gasteiger partial charge in [-0.3, -0.25) is 9.59 Å². The van der Waals surface area contributed by atoms with Gasteiger partial charge in [0.15, 0.2) is 0 Å².